The molecule has 0 saturated carbocycles. The molecule has 2 aliphatic heterocycles. The molecule has 2 amide bonds. The maximum atomic E-state index is 13.3. The maximum Gasteiger partial charge on any atom is 0.282 e. The Morgan fingerprint density at radius 2 is 1.67 bits per heavy atom. The zero-order valence-electron chi connectivity index (χ0n) is 15.4. The van der Waals surface area contributed by atoms with Crippen molar-refractivity contribution in [3.8, 4) is 5.75 Å². The summed E-state index contributed by atoms with van der Waals surface area (Å²) >= 11 is 0. The van der Waals surface area contributed by atoms with Gasteiger partial charge >= 0.3 is 0 Å². The van der Waals surface area contributed by atoms with Crippen molar-refractivity contribution in [2.45, 2.75) is 19.8 Å². The highest BCUT2D eigenvalue weighted by Crippen LogP contribution is 2.36. The highest BCUT2D eigenvalue weighted by Gasteiger charge is 2.42. The molecule has 0 bridgehead atoms. The molecular formula is C22H22N2O3. The Bertz CT molecular complexity index is 899. The molecule has 1 fully saturated rings. The van der Waals surface area contributed by atoms with Crippen LogP contribution in [-0.4, -0.2) is 36.4 Å². The molecule has 5 nitrogen and oxygen atoms in total. The Labute approximate surface area is 158 Å². The van der Waals surface area contributed by atoms with Crippen LogP contribution < -0.4 is 9.64 Å². The second kappa shape index (κ2) is 7.27. The van der Waals surface area contributed by atoms with E-state index in [4.69, 9.17) is 4.74 Å². The number of hydrogen-bond donors (Lipinski definition) is 0. The van der Waals surface area contributed by atoms with E-state index >= 15 is 0 Å². The molecule has 1 saturated heterocycles. The third-order valence-corrected chi connectivity index (χ3v) is 4.93. The van der Waals surface area contributed by atoms with Crippen molar-refractivity contribution < 1.29 is 14.3 Å². The van der Waals surface area contributed by atoms with Crippen LogP contribution in [0.5, 0.6) is 5.75 Å². The van der Waals surface area contributed by atoms with Gasteiger partial charge in [-0.15, -0.1) is 0 Å². The van der Waals surface area contributed by atoms with Gasteiger partial charge in [0, 0.05) is 19.2 Å². The van der Waals surface area contributed by atoms with Crippen molar-refractivity contribution in [3.63, 3.8) is 0 Å². The van der Waals surface area contributed by atoms with Crippen molar-refractivity contribution >= 4 is 23.1 Å². The lowest BCUT2D eigenvalue weighted by Crippen LogP contribution is -2.34. The number of ether oxygens (including phenoxy) is 1. The van der Waals surface area contributed by atoms with Gasteiger partial charge in [-0.05, 0) is 37.5 Å². The topological polar surface area (TPSA) is 49.9 Å². The average Bonchev–Trinajstić information content (AvgIpc) is 3.29. The van der Waals surface area contributed by atoms with Gasteiger partial charge in [0.05, 0.1) is 17.9 Å². The van der Waals surface area contributed by atoms with E-state index in [0.717, 1.165) is 31.5 Å². The quantitative estimate of drug-likeness (QED) is 0.765. The number of nitrogens with zero attached hydrogens (tertiary/aromatic N) is 2. The summed E-state index contributed by atoms with van der Waals surface area (Å²) in [5.41, 5.74) is 2.33. The predicted molar refractivity (Wildman–Crippen MR) is 104 cm³/mol. The first kappa shape index (κ1) is 17.3. The Hall–Kier alpha value is -3.08. The number of likely N-dealkylation sites (tertiary alicyclic amines) is 1. The van der Waals surface area contributed by atoms with Crippen LogP contribution >= 0.6 is 0 Å². The number of hydrogen-bond acceptors (Lipinski definition) is 4. The van der Waals surface area contributed by atoms with Crippen molar-refractivity contribution in [2.75, 3.05) is 24.6 Å². The molecule has 2 heterocycles. The van der Waals surface area contributed by atoms with Crippen molar-refractivity contribution in [1.82, 2.24) is 4.90 Å². The highest BCUT2D eigenvalue weighted by molar-refractivity contribution is 6.45. The molecule has 5 heteroatoms. The van der Waals surface area contributed by atoms with Crippen LogP contribution in [0.3, 0.4) is 0 Å². The SMILES string of the molecule is CCOc1cccc(N2C(=O)C(c3ccccc3)=C(N3CCCC3)C2=O)c1. The molecule has 2 aromatic carbocycles. The van der Waals surface area contributed by atoms with Crippen LogP contribution in [0.15, 0.2) is 60.3 Å². The van der Waals surface area contributed by atoms with Crippen molar-refractivity contribution in [1.29, 1.82) is 0 Å². The largest absolute Gasteiger partial charge is 0.494 e. The van der Waals surface area contributed by atoms with E-state index in [1.54, 1.807) is 18.2 Å². The number of rotatable bonds is 5. The maximum absolute atomic E-state index is 13.3. The summed E-state index contributed by atoms with van der Waals surface area (Å²) in [4.78, 5) is 30.0. The van der Waals surface area contributed by atoms with E-state index in [1.165, 1.54) is 4.90 Å². The number of carbonyl (C=O) groups excluding carboxylic acids is 2. The first-order chi connectivity index (χ1) is 13.2. The first-order valence-electron chi connectivity index (χ1n) is 9.37. The lowest BCUT2D eigenvalue weighted by Gasteiger charge is -2.20. The predicted octanol–water partition coefficient (Wildman–Crippen LogP) is 3.47. The van der Waals surface area contributed by atoms with Gasteiger partial charge in [0.25, 0.3) is 11.8 Å². The minimum absolute atomic E-state index is 0.255. The molecule has 0 N–H and O–H groups in total. The molecule has 0 radical (unpaired) electrons. The van der Waals surface area contributed by atoms with Crippen molar-refractivity contribution in [2.24, 2.45) is 0 Å². The molecule has 4 rings (SSSR count). The van der Waals surface area contributed by atoms with Gasteiger partial charge in [-0.3, -0.25) is 9.59 Å². The fraction of sp³-hybridized carbons (Fsp3) is 0.273. The third-order valence-electron chi connectivity index (χ3n) is 4.93. The van der Waals surface area contributed by atoms with Gasteiger partial charge in [0.1, 0.15) is 11.4 Å². The van der Waals surface area contributed by atoms with Crippen LogP contribution in [-0.2, 0) is 9.59 Å². The molecule has 2 aromatic rings. The van der Waals surface area contributed by atoms with Gasteiger partial charge < -0.3 is 9.64 Å². The average molecular weight is 362 g/mol. The first-order valence-corrected chi connectivity index (χ1v) is 9.37. The highest BCUT2D eigenvalue weighted by atomic mass is 16.5. The molecule has 0 atom stereocenters. The van der Waals surface area contributed by atoms with E-state index in [2.05, 4.69) is 4.90 Å². The van der Waals surface area contributed by atoms with Gasteiger partial charge in [-0.1, -0.05) is 36.4 Å². The summed E-state index contributed by atoms with van der Waals surface area (Å²) in [6, 6.07) is 16.6. The summed E-state index contributed by atoms with van der Waals surface area (Å²) < 4.78 is 5.54. The van der Waals surface area contributed by atoms with E-state index in [0.29, 0.717) is 29.3 Å². The standard InChI is InChI=1S/C22H22N2O3/c1-2-27-18-12-8-11-17(15-18)24-21(25)19(16-9-4-3-5-10-16)20(22(24)26)23-13-6-7-14-23/h3-5,8-12,15H,2,6-7,13-14H2,1H3. The summed E-state index contributed by atoms with van der Waals surface area (Å²) in [6.07, 6.45) is 2.07. The van der Waals surface area contributed by atoms with E-state index in [-0.39, 0.29) is 11.8 Å². The normalized spacial score (nSPS) is 17.2. The van der Waals surface area contributed by atoms with Gasteiger partial charge in [0.2, 0.25) is 0 Å². The van der Waals surface area contributed by atoms with E-state index in [1.807, 2.05) is 43.3 Å². The van der Waals surface area contributed by atoms with Crippen LogP contribution in [0.2, 0.25) is 0 Å². The van der Waals surface area contributed by atoms with Crippen molar-refractivity contribution in [3.05, 3.63) is 65.9 Å². The minimum atomic E-state index is -0.276. The number of imide groups is 1. The Morgan fingerprint density at radius 3 is 2.37 bits per heavy atom. The van der Waals surface area contributed by atoms with Crippen LogP contribution in [0.1, 0.15) is 25.3 Å². The fourth-order valence-corrected chi connectivity index (χ4v) is 3.73. The number of anilines is 1. The number of benzene rings is 2. The second-order valence-electron chi connectivity index (χ2n) is 6.66. The molecule has 0 unspecified atom stereocenters. The molecular weight excluding hydrogens is 340 g/mol. The second-order valence-corrected chi connectivity index (χ2v) is 6.66. The molecule has 0 aromatic heterocycles. The lowest BCUT2D eigenvalue weighted by molar-refractivity contribution is -0.120. The zero-order valence-corrected chi connectivity index (χ0v) is 15.4. The van der Waals surface area contributed by atoms with Crippen LogP contribution in [0, 0.1) is 0 Å². The van der Waals surface area contributed by atoms with Gasteiger partial charge in [-0.25, -0.2) is 4.90 Å². The Kier molecular flexibility index (Phi) is 4.67. The smallest absolute Gasteiger partial charge is 0.282 e. The number of amides is 2. The molecule has 138 valence electrons. The summed E-state index contributed by atoms with van der Waals surface area (Å²) in [7, 11) is 0. The summed E-state index contributed by atoms with van der Waals surface area (Å²) in [5.74, 6) is 0.114. The Balaban J connectivity index is 1.79. The fourth-order valence-electron chi connectivity index (χ4n) is 3.73. The van der Waals surface area contributed by atoms with Crippen LogP contribution in [0.4, 0.5) is 5.69 Å². The summed E-state index contributed by atoms with van der Waals surface area (Å²) in [5, 5.41) is 0. The van der Waals surface area contributed by atoms with E-state index in [9.17, 15) is 9.59 Å². The molecule has 0 spiro atoms. The lowest BCUT2D eigenvalue weighted by atomic mass is 10.0. The molecule has 27 heavy (non-hydrogen) atoms. The zero-order chi connectivity index (χ0) is 18.8. The van der Waals surface area contributed by atoms with Gasteiger partial charge in [-0.2, -0.15) is 0 Å². The van der Waals surface area contributed by atoms with Gasteiger partial charge in [0.15, 0.2) is 0 Å². The Morgan fingerprint density at radius 1 is 0.926 bits per heavy atom. The summed E-state index contributed by atoms with van der Waals surface area (Å²) in [6.45, 7) is 4.03. The van der Waals surface area contributed by atoms with Crippen LogP contribution in [0.25, 0.3) is 5.57 Å². The molecule has 0 aliphatic carbocycles. The van der Waals surface area contributed by atoms with E-state index < -0.39 is 0 Å². The molecule has 2 aliphatic rings. The third kappa shape index (κ3) is 3.10. The minimum Gasteiger partial charge on any atom is -0.494 e. The monoisotopic (exact) mass is 362 g/mol. The number of carbonyl (C=O) groups is 2.